The zero-order valence-corrected chi connectivity index (χ0v) is 16.2. The largest absolute Gasteiger partial charge is 0.501 e. The van der Waals surface area contributed by atoms with Crippen LogP contribution in [0.1, 0.15) is 80.6 Å². The van der Waals surface area contributed by atoms with Crippen molar-refractivity contribution in [3.63, 3.8) is 0 Å². The van der Waals surface area contributed by atoms with E-state index in [1.807, 2.05) is 0 Å². The second-order valence-corrected chi connectivity index (χ2v) is 10.2. The molecular formula is C17H36O3Si. The highest BCUT2D eigenvalue weighted by Gasteiger charge is 2.48. The molecule has 4 heteroatoms. The van der Waals surface area contributed by atoms with Crippen LogP contribution in [0.5, 0.6) is 0 Å². The van der Waals surface area contributed by atoms with Gasteiger partial charge in [0.2, 0.25) is 0 Å². The summed E-state index contributed by atoms with van der Waals surface area (Å²) in [5.74, 6) is 0.621. The second kappa shape index (κ2) is 8.09. The third kappa shape index (κ3) is 6.01. The van der Waals surface area contributed by atoms with Crippen molar-refractivity contribution in [1.29, 1.82) is 0 Å². The molecule has 0 unspecified atom stereocenters. The number of rotatable bonds is 8. The lowest BCUT2D eigenvalue weighted by Gasteiger charge is -2.44. The van der Waals surface area contributed by atoms with E-state index in [1.165, 1.54) is 32.1 Å². The molecule has 0 bridgehead atoms. The summed E-state index contributed by atoms with van der Waals surface area (Å²) in [6.07, 6.45) is 6.83. The first-order valence-corrected chi connectivity index (χ1v) is 10.7. The van der Waals surface area contributed by atoms with Crippen LogP contribution in [0.4, 0.5) is 0 Å². The molecule has 126 valence electrons. The topological polar surface area (TPSA) is 27.7 Å². The zero-order chi connectivity index (χ0) is 16.1. The van der Waals surface area contributed by atoms with Gasteiger partial charge in [-0.3, -0.25) is 0 Å². The average molecular weight is 317 g/mol. The highest BCUT2D eigenvalue weighted by atomic mass is 28.4. The van der Waals surface area contributed by atoms with Crippen LogP contribution in [0, 0.1) is 5.92 Å². The lowest BCUT2D eigenvalue weighted by molar-refractivity contribution is -0.0680. The van der Waals surface area contributed by atoms with Crippen molar-refractivity contribution in [2.75, 3.05) is 0 Å². The van der Waals surface area contributed by atoms with Gasteiger partial charge in [0.15, 0.2) is 0 Å². The Bertz CT molecular complexity index is 286. The molecule has 21 heavy (non-hydrogen) atoms. The molecule has 0 aliphatic heterocycles. The SMILES string of the molecule is CC[Si](OC(C)C)(OC(C)C)OC(C)(C)C1CCCCC1. The van der Waals surface area contributed by atoms with Crippen LogP contribution in [0.2, 0.25) is 6.04 Å². The molecule has 0 spiro atoms. The van der Waals surface area contributed by atoms with Crippen LogP contribution in [0.25, 0.3) is 0 Å². The van der Waals surface area contributed by atoms with Crippen LogP contribution >= 0.6 is 0 Å². The van der Waals surface area contributed by atoms with Gasteiger partial charge in [-0.1, -0.05) is 26.2 Å². The van der Waals surface area contributed by atoms with Gasteiger partial charge in [-0.2, -0.15) is 0 Å². The first kappa shape index (κ1) is 19.1. The smallest absolute Gasteiger partial charge is 0.371 e. The molecule has 0 N–H and O–H groups in total. The molecule has 1 aliphatic rings. The first-order valence-electron chi connectivity index (χ1n) is 8.76. The van der Waals surface area contributed by atoms with Gasteiger partial charge in [0.05, 0.1) is 5.60 Å². The summed E-state index contributed by atoms with van der Waals surface area (Å²) in [6, 6.07) is 0.833. The average Bonchev–Trinajstić information content (AvgIpc) is 2.37. The monoisotopic (exact) mass is 316 g/mol. The lowest BCUT2D eigenvalue weighted by atomic mass is 9.79. The molecule has 0 aromatic heterocycles. The van der Waals surface area contributed by atoms with E-state index in [0.29, 0.717) is 5.92 Å². The van der Waals surface area contributed by atoms with Crippen molar-refractivity contribution in [2.45, 2.75) is 104 Å². The fourth-order valence-corrected chi connectivity index (χ4v) is 6.35. The van der Waals surface area contributed by atoms with Crippen molar-refractivity contribution in [2.24, 2.45) is 5.92 Å². The molecule has 0 atom stereocenters. The number of hydrogen-bond donors (Lipinski definition) is 0. The fraction of sp³-hybridized carbons (Fsp3) is 1.00. The van der Waals surface area contributed by atoms with Crippen molar-refractivity contribution in [3.8, 4) is 0 Å². The van der Waals surface area contributed by atoms with Crippen molar-refractivity contribution in [1.82, 2.24) is 0 Å². The molecule has 0 saturated heterocycles. The molecule has 0 heterocycles. The Balaban J connectivity index is 2.86. The molecule has 3 nitrogen and oxygen atoms in total. The van der Waals surface area contributed by atoms with E-state index >= 15 is 0 Å². The Labute approximate surface area is 133 Å². The minimum Gasteiger partial charge on any atom is -0.371 e. The van der Waals surface area contributed by atoms with E-state index < -0.39 is 8.80 Å². The maximum absolute atomic E-state index is 6.63. The second-order valence-electron chi connectivity index (χ2n) is 7.41. The van der Waals surface area contributed by atoms with Gasteiger partial charge in [0.25, 0.3) is 0 Å². The van der Waals surface area contributed by atoms with Crippen LogP contribution in [-0.4, -0.2) is 26.6 Å². The zero-order valence-electron chi connectivity index (χ0n) is 15.2. The van der Waals surface area contributed by atoms with Gasteiger partial charge in [-0.25, -0.2) is 0 Å². The van der Waals surface area contributed by atoms with E-state index in [4.69, 9.17) is 13.3 Å². The molecule has 0 aromatic rings. The number of hydrogen-bond acceptors (Lipinski definition) is 3. The summed E-state index contributed by atoms with van der Waals surface area (Å²) in [5, 5.41) is 0. The van der Waals surface area contributed by atoms with Crippen LogP contribution in [-0.2, 0) is 13.3 Å². The Morgan fingerprint density at radius 1 is 0.952 bits per heavy atom. The third-order valence-corrected chi connectivity index (χ3v) is 7.63. The molecular weight excluding hydrogens is 280 g/mol. The fourth-order valence-electron chi connectivity index (χ4n) is 3.31. The predicted molar refractivity (Wildman–Crippen MR) is 90.4 cm³/mol. The molecule has 0 aromatic carbocycles. The Kier molecular flexibility index (Phi) is 7.38. The van der Waals surface area contributed by atoms with E-state index in [-0.39, 0.29) is 17.8 Å². The lowest BCUT2D eigenvalue weighted by Crippen LogP contribution is -2.55. The van der Waals surface area contributed by atoms with Crippen LogP contribution in [0.3, 0.4) is 0 Å². The summed E-state index contributed by atoms with van der Waals surface area (Å²) in [5.41, 5.74) is -0.160. The van der Waals surface area contributed by atoms with Crippen LogP contribution in [0.15, 0.2) is 0 Å². The molecule has 1 rings (SSSR count). The highest BCUT2D eigenvalue weighted by molar-refractivity contribution is 6.60. The third-order valence-electron chi connectivity index (χ3n) is 4.27. The van der Waals surface area contributed by atoms with Crippen molar-refractivity contribution >= 4 is 8.80 Å². The normalized spacial score (nSPS) is 18.7. The summed E-state index contributed by atoms with van der Waals surface area (Å²) >= 11 is 0. The maximum Gasteiger partial charge on any atom is 0.501 e. The van der Waals surface area contributed by atoms with E-state index in [1.54, 1.807) is 0 Å². The van der Waals surface area contributed by atoms with Crippen LogP contribution < -0.4 is 0 Å². The predicted octanol–water partition coefficient (Wildman–Crippen LogP) is 5.17. The maximum atomic E-state index is 6.63. The summed E-state index contributed by atoms with van der Waals surface area (Å²) in [6.45, 7) is 14.9. The molecule has 0 radical (unpaired) electrons. The summed E-state index contributed by atoms with van der Waals surface area (Å²) < 4.78 is 19.1. The van der Waals surface area contributed by atoms with E-state index in [2.05, 4.69) is 48.5 Å². The van der Waals surface area contributed by atoms with Crippen molar-refractivity contribution < 1.29 is 13.3 Å². The van der Waals surface area contributed by atoms with Gasteiger partial charge in [0, 0.05) is 18.3 Å². The molecule has 1 saturated carbocycles. The Morgan fingerprint density at radius 3 is 1.81 bits per heavy atom. The summed E-state index contributed by atoms with van der Waals surface area (Å²) in [4.78, 5) is 0. The Morgan fingerprint density at radius 2 is 1.43 bits per heavy atom. The van der Waals surface area contributed by atoms with Gasteiger partial charge in [-0.15, -0.1) is 0 Å². The standard InChI is InChI=1S/C17H36O3Si/c1-8-21(18-14(2)3,19-15(4)5)20-17(6,7)16-12-10-9-11-13-16/h14-16H,8-13H2,1-7H3. The molecule has 1 aliphatic carbocycles. The minimum atomic E-state index is -2.62. The first-order chi connectivity index (χ1) is 9.71. The quantitative estimate of drug-likeness (QED) is 0.578. The molecule has 0 amide bonds. The molecule has 1 fully saturated rings. The van der Waals surface area contributed by atoms with E-state index in [9.17, 15) is 0 Å². The van der Waals surface area contributed by atoms with Gasteiger partial charge >= 0.3 is 8.80 Å². The van der Waals surface area contributed by atoms with Gasteiger partial charge < -0.3 is 13.3 Å². The Hall–Kier alpha value is 0.0969. The van der Waals surface area contributed by atoms with Gasteiger partial charge in [0.1, 0.15) is 0 Å². The summed E-state index contributed by atoms with van der Waals surface area (Å²) in [7, 11) is -2.62. The minimum absolute atomic E-state index is 0.137. The highest BCUT2D eigenvalue weighted by Crippen LogP contribution is 2.38. The van der Waals surface area contributed by atoms with E-state index in [0.717, 1.165) is 6.04 Å². The van der Waals surface area contributed by atoms with Gasteiger partial charge in [-0.05, 0) is 60.3 Å². The van der Waals surface area contributed by atoms with Crippen molar-refractivity contribution in [3.05, 3.63) is 0 Å².